The quantitative estimate of drug-likeness (QED) is 0.380. The molecule has 0 fully saturated rings. The van der Waals surface area contributed by atoms with Gasteiger partial charge < -0.3 is 4.42 Å². The Morgan fingerprint density at radius 3 is 2.28 bits per heavy atom. The minimum Gasteiger partial charge on any atom is -0.455 e. The van der Waals surface area contributed by atoms with E-state index in [1.807, 2.05) is 42.6 Å². The van der Waals surface area contributed by atoms with Crippen LogP contribution in [-0.2, 0) is 0 Å². The first-order valence-electron chi connectivity index (χ1n) is 8.33. The van der Waals surface area contributed by atoms with E-state index in [0.717, 1.165) is 33.2 Å². The molecule has 2 heterocycles. The van der Waals surface area contributed by atoms with Gasteiger partial charge in [0.25, 0.3) is 0 Å². The minimum atomic E-state index is 0.889. The van der Waals surface area contributed by atoms with E-state index < -0.39 is 0 Å². The number of para-hydroxylation sites is 1. The fraction of sp³-hybridized carbons (Fsp3) is 0. The summed E-state index contributed by atoms with van der Waals surface area (Å²) in [5.74, 6) is 0. The van der Waals surface area contributed by atoms with Crippen molar-refractivity contribution in [1.29, 1.82) is 0 Å². The van der Waals surface area contributed by atoms with E-state index in [9.17, 15) is 0 Å². The van der Waals surface area contributed by atoms with E-state index in [4.69, 9.17) is 4.42 Å². The molecule has 5 rings (SSSR count). The molecule has 0 atom stereocenters. The topological polar surface area (TPSA) is 26.0 Å². The number of nitrogens with zero attached hydrogens (tertiary/aromatic N) is 1. The lowest BCUT2D eigenvalue weighted by Crippen LogP contribution is -1.82. The summed E-state index contributed by atoms with van der Waals surface area (Å²) in [7, 11) is 0. The Bertz CT molecular complexity index is 1170. The average Bonchev–Trinajstić information content (AvgIpc) is 3.08. The van der Waals surface area contributed by atoms with E-state index in [-0.39, 0.29) is 0 Å². The van der Waals surface area contributed by atoms with Crippen molar-refractivity contribution in [2.75, 3.05) is 0 Å². The zero-order chi connectivity index (χ0) is 16.6. The first kappa shape index (κ1) is 14.0. The van der Waals surface area contributed by atoms with E-state index in [1.54, 1.807) is 0 Å². The summed E-state index contributed by atoms with van der Waals surface area (Å²) >= 11 is 0. The highest BCUT2D eigenvalue weighted by Gasteiger charge is 2.15. The first-order chi connectivity index (χ1) is 12.4. The van der Waals surface area contributed by atoms with Gasteiger partial charge >= 0.3 is 0 Å². The van der Waals surface area contributed by atoms with E-state index in [0.29, 0.717) is 0 Å². The molecule has 2 heteroatoms. The molecule has 0 saturated heterocycles. The lowest BCUT2D eigenvalue weighted by Gasteiger charge is -2.04. The summed E-state index contributed by atoms with van der Waals surface area (Å²) in [5.41, 5.74) is 6.12. The molecular formula is C23H15NO. The monoisotopic (exact) mass is 321 g/mol. The Hall–Kier alpha value is -3.39. The van der Waals surface area contributed by atoms with Gasteiger partial charge in [0.1, 0.15) is 11.2 Å². The van der Waals surface area contributed by atoms with Crippen molar-refractivity contribution in [3.8, 4) is 22.4 Å². The maximum atomic E-state index is 6.26. The molecule has 0 bridgehead atoms. The van der Waals surface area contributed by atoms with Crippen LogP contribution in [-0.4, -0.2) is 4.98 Å². The molecular weight excluding hydrogens is 306 g/mol. The van der Waals surface area contributed by atoms with Crippen LogP contribution >= 0.6 is 0 Å². The number of furan rings is 1. The van der Waals surface area contributed by atoms with Gasteiger partial charge in [0.2, 0.25) is 0 Å². The van der Waals surface area contributed by atoms with Crippen LogP contribution in [0.1, 0.15) is 0 Å². The summed E-state index contributed by atoms with van der Waals surface area (Å²) in [4.78, 5) is 4.49. The SMILES string of the molecule is c1ccc(-c2cccc3oc4c(-c5ccccn5)cccc4c23)cc1. The number of benzene rings is 3. The Balaban J connectivity index is 1.87. The maximum Gasteiger partial charge on any atom is 0.144 e. The molecule has 0 radical (unpaired) electrons. The zero-order valence-corrected chi connectivity index (χ0v) is 13.5. The number of pyridine rings is 1. The second-order valence-electron chi connectivity index (χ2n) is 6.04. The van der Waals surface area contributed by atoms with Crippen molar-refractivity contribution in [2.45, 2.75) is 0 Å². The highest BCUT2D eigenvalue weighted by Crippen LogP contribution is 2.39. The van der Waals surface area contributed by atoms with Crippen molar-refractivity contribution in [3.63, 3.8) is 0 Å². The van der Waals surface area contributed by atoms with Crippen LogP contribution in [0.4, 0.5) is 0 Å². The number of rotatable bonds is 2. The molecule has 5 aromatic rings. The van der Waals surface area contributed by atoms with Crippen LogP contribution in [0.5, 0.6) is 0 Å². The van der Waals surface area contributed by atoms with Gasteiger partial charge in [-0.2, -0.15) is 0 Å². The first-order valence-corrected chi connectivity index (χ1v) is 8.33. The lowest BCUT2D eigenvalue weighted by molar-refractivity contribution is 0.670. The Kier molecular flexibility index (Phi) is 3.14. The Labute approximate surface area is 145 Å². The smallest absolute Gasteiger partial charge is 0.144 e. The number of aromatic nitrogens is 1. The van der Waals surface area contributed by atoms with Crippen molar-refractivity contribution in [1.82, 2.24) is 4.98 Å². The molecule has 25 heavy (non-hydrogen) atoms. The number of hydrogen-bond donors (Lipinski definition) is 0. The third-order valence-electron chi connectivity index (χ3n) is 4.55. The van der Waals surface area contributed by atoms with Gasteiger partial charge in [-0.3, -0.25) is 4.98 Å². The van der Waals surface area contributed by atoms with Gasteiger partial charge in [0, 0.05) is 22.5 Å². The fourth-order valence-electron chi connectivity index (χ4n) is 3.43. The Morgan fingerprint density at radius 2 is 1.44 bits per heavy atom. The predicted octanol–water partition coefficient (Wildman–Crippen LogP) is 6.32. The summed E-state index contributed by atoms with van der Waals surface area (Å²) in [6.07, 6.45) is 1.81. The predicted molar refractivity (Wildman–Crippen MR) is 102 cm³/mol. The third kappa shape index (κ3) is 2.23. The van der Waals surface area contributed by atoms with Crippen molar-refractivity contribution in [3.05, 3.63) is 91.1 Å². The second-order valence-corrected chi connectivity index (χ2v) is 6.04. The molecule has 3 aromatic carbocycles. The molecule has 0 amide bonds. The largest absolute Gasteiger partial charge is 0.455 e. The minimum absolute atomic E-state index is 0.889. The average molecular weight is 321 g/mol. The molecule has 0 unspecified atom stereocenters. The molecule has 0 aliphatic rings. The molecule has 0 spiro atoms. The van der Waals surface area contributed by atoms with Crippen LogP contribution in [0.3, 0.4) is 0 Å². The molecule has 0 saturated carbocycles. The molecule has 2 aromatic heterocycles. The standard InChI is InChI=1S/C23H15NO/c1-2-8-16(9-3-1)17-10-7-14-21-22(17)19-12-6-11-18(23(19)25-21)20-13-4-5-15-24-20/h1-15H. The van der Waals surface area contributed by atoms with Crippen LogP contribution in [0.15, 0.2) is 95.5 Å². The summed E-state index contributed by atoms with van der Waals surface area (Å²) in [6, 6.07) is 28.9. The fourth-order valence-corrected chi connectivity index (χ4v) is 3.43. The van der Waals surface area contributed by atoms with Gasteiger partial charge in [-0.25, -0.2) is 0 Å². The normalized spacial score (nSPS) is 11.2. The van der Waals surface area contributed by atoms with E-state index >= 15 is 0 Å². The van der Waals surface area contributed by atoms with E-state index in [2.05, 4.69) is 53.5 Å². The van der Waals surface area contributed by atoms with Gasteiger partial charge in [-0.05, 0) is 35.4 Å². The third-order valence-corrected chi connectivity index (χ3v) is 4.55. The van der Waals surface area contributed by atoms with Crippen molar-refractivity contribution >= 4 is 21.9 Å². The molecule has 118 valence electrons. The summed E-state index contributed by atoms with van der Waals surface area (Å²) < 4.78 is 6.26. The Morgan fingerprint density at radius 1 is 0.640 bits per heavy atom. The molecule has 0 aliphatic heterocycles. The van der Waals surface area contributed by atoms with E-state index in [1.165, 1.54) is 11.1 Å². The van der Waals surface area contributed by atoms with Crippen LogP contribution in [0.2, 0.25) is 0 Å². The number of fused-ring (bicyclic) bond motifs is 3. The summed E-state index contributed by atoms with van der Waals surface area (Å²) in [5, 5.41) is 2.28. The van der Waals surface area contributed by atoms with Gasteiger partial charge in [0.15, 0.2) is 0 Å². The number of hydrogen-bond acceptors (Lipinski definition) is 2. The van der Waals surface area contributed by atoms with Crippen LogP contribution in [0, 0.1) is 0 Å². The summed E-state index contributed by atoms with van der Waals surface area (Å²) in [6.45, 7) is 0. The van der Waals surface area contributed by atoms with Gasteiger partial charge in [-0.15, -0.1) is 0 Å². The molecule has 0 N–H and O–H groups in total. The maximum absolute atomic E-state index is 6.26. The van der Waals surface area contributed by atoms with Gasteiger partial charge in [-0.1, -0.05) is 60.7 Å². The van der Waals surface area contributed by atoms with Crippen LogP contribution in [0.25, 0.3) is 44.3 Å². The highest BCUT2D eigenvalue weighted by molar-refractivity contribution is 6.15. The highest BCUT2D eigenvalue weighted by atomic mass is 16.3. The zero-order valence-electron chi connectivity index (χ0n) is 13.5. The van der Waals surface area contributed by atoms with Gasteiger partial charge in [0.05, 0.1) is 5.69 Å². The molecule has 2 nitrogen and oxygen atoms in total. The van der Waals surface area contributed by atoms with Crippen LogP contribution < -0.4 is 0 Å². The van der Waals surface area contributed by atoms with Crippen molar-refractivity contribution < 1.29 is 4.42 Å². The lowest BCUT2D eigenvalue weighted by atomic mass is 9.98. The second kappa shape index (κ2) is 5.60. The van der Waals surface area contributed by atoms with Crippen molar-refractivity contribution in [2.24, 2.45) is 0 Å². The molecule has 0 aliphatic carbocycles.